The summed E-state index contributed by atoms with van der Waals surface area (Å²) in [6, 6.07) is 5.34. The van der Waals surface area contributed by atoms with Crippen molar-refractivity contribution in [1.29, 1.82) is 0 Å². The van der Waals surface area contributed by atoms with Gasteiger partial charge in [0, 0.05) is 16.9 Å². The number of hydrogen-bond donors (Lipinski definition) is 0. The van der Waals surface area contributed by atoms with Gasteiger partial charge in [0.05, 0.1) is 12.8 Å². The van der Waals surface area contributed by atoms with Gasteiger partial charge in [-0.05, 0) is 25.1 Å². The van der Waals surface area contributed by atoms with Crippen molar-refractivity contribution in [1.82, 2.24) is 4.98 Å². The molecule has 0 amide bonds. The third kappa shape index (κ3) is 2.92. The first-order valence-electron chi connectivity index (χ1n) is 5.40. The van der Waals surface area contributed by atoms with E-state index in [9.17, 15) is 4.79 Å². The monoisotopic (exact) mass is 263 g/mol. The van der Waals surface area contributed by atoms with Gasteiger partial charge in [0.1, 0.15) is 18.3 Å². The predicted octanol–water partition coefficient (Wildman–Crippen LogP) is 3.10. The molecule has 0 spiro atoms. The number of rotatable bonds is 5. The van der Waals surface area contributed by atoms with Crippen molar-refractivity contribution in [3.8, 4) is 5.75 Å². The zero-order valence-corrected chi connectivity index (χ0v) is 11.0. The van der Waals surface area contributed by atoms with E-state index < -0.39 is 0 Å². The molecule has 1 aromatic carbocycles. The molecular weight excluding hydrogens is 250 g/mol. The second kappa shape index (κ2) is 5.73. The van der Waals surface area contributed by atoms with Gasteiger partial charge in [-0.25, -0.2) is 4.98 Å². The number of nitrogens with zero attached hydrogens (tertiary/aromatic N) is 1. The molecule has 0 unspecified atom stereocenters. The lowest BCUT2D eigenvalue weighted by Crippen LogP contribution is -1.92. The van der Waals surface area contributed by atoms with Crippen molar-refractivity contribution in [3.63, 3.8) is 0 Å². The Morgan fingerprint density at radius 1 is 1.50 bits per heavy atom. The normalized spacial score (nSPS) is 10.3. The first kappa shape index (κ1) is 12.7. The topological polar surface area (TPSA) is 52.3 Å². The number of aryl methyl sites for hydroxylation is 1. The second-order valence-electron chi connectivity index (χ2n) is 3.73. The molecule has 0 N–H and O–H groups in total. The van der Waals surface area contributed by atoms with Crippen LogP contribution in [0.4, 0.5) is 0 Å². The third-order valence-corrected chi connectivity index (χ3v) is 3.28. The Labute approximate surface area is 109 Å². The van der Waals surface area contributed by atoms with Crippen LogP contribution in [0.5, 0.6) is 5.75 Å². The van der Waals surface area contributed by atoms with Crippen LogP contribution in [0.15, 0.2) is 34.1 Å². The maximum absolute atomic E-state index is 10.8. The molecule has 0 aliphatic heterocycles. The van der Waals surface area contributed by atoms with Crippen LogP contribution in [0.3, 0.4) is 0 Å². The zero-order chi connectivity index (χ0) is 13.0. The number of hydrogen-bond acceptors (Lipinski definition) is 5. The van der Waals surface area contributed by atoms with Gasteiger partial charge in [0.15, 0.2) is 0 Å². The maximum atomic E-state index is 10.8. The fourth-order valence-corrected chi connectivity index (χ4v) is 2.35. The molecule has 2 aromatic rings. The number of thioether (sulfide) groups is 1. The SMILES string of the molecule is COc1ccc(C=O)cc1CSc1nc(C)co1. The van der Waals surface area contributed by atoms with E-state index in [4.69, 9.17) is 9.15 Å². The van der Waals surface area contributed by atoms with E-state index in [1.54, 1.807) is 25.5 Å². The summed E-state index contributed by atoms with van der Waals surface area (Å²) < 4.78 is 10.5. The van der Waals surface area contributed by atoms with E-state index in [2.05, 4.69) is 4.98 Å². The maximum Gasteiger partial charge on any atom is 0.256 e. The molecule has 1 heterocycles. The van der Waals surface area contributed by atoms with Crippen LogP contribution in [-0.2, 0) is 5.75 Å². The molecule has 2 rings (SSSR count). The molecule has 0 saturated heterocycles. The number of carbonyl (C=O) groups is 1. The van der Waals surface area contributed by atoms with Gasteiger partial charge in [-0.1, -0.05) is 11.8 Å². The Morgan fingerprint density at radius 3 is 2.94 bits per heavy atom. The molecule has 0 radical (unpaired) electrons. The molecule has 4 nitrogen and oxygen atoms in total. The van der Waals surface area contributed by atoms with Crippen LogP contribution < -0.4 is 4.74 Å². The van der Waals surface area contributed by atoms with Gasteiger partial charge < -0.3 is 9.15 Å². The zero-order valence-electron chi connectivity index (χ0n) is 10.2. The Kier molecular flexibility index (Phi) is 4.04. The first-order valence-corrected chi connectivity index (χ1v) is 6.38. The highest BCUT2D eigenvalue weighted by atomic mass is 32.2. The number of benzene rings is 1. The number of ether oxygens (including phenoxy) is 1. The standard InChI is InChI=1S/C13H13NO3S/c1-9-7-17-13(14-9)18-8-11-5-10(6-15)3-4-12(11)16-2/h3-7H,8H2,1-2H3. The quantitative estimate of drug-likeness (QED) is 0.613. The fourth-order valence-electron chi connectivity index (χ4n) is 1.52. The molecule has 94 valence electrons. The number of aldehydes is 1. The average Bonchev–Trinajstić information content (AvgIpc) is 2.81. The minimum Gasteiger partial charge on any atom is -0.496 e. The van der Waals surface area contributed by atoms with Crippen LogP contribution >= 0.6 is 11.8 Å². The van der Waals surface area contributed by atoms with Gasteiger partial charge in [0.2, 0.25) is 0 Å². The van der Waals surface area contributed by atoms with Crippen molar-refractivity contribution in [3.05, 3.63) is 41.3 Å². The Hall–Kier alpha value is -1.75. The highest BCUT2D eigenvalue weighted by Gasteiger charge is 2.07. The van der Waals surface area contributed by atoms with Gasteiger partial charge in [-0.15, -0.1) is 0 Å². The molecule has 0 aliphatic carbocycles. The number of methoxy groups -OCH3 is 1. The van der Waals surface area contributed by atoms with E-state index in [1.807, 2.05) is 13.0 Å². The lowest BCUT2D eigenvalue weighted by atomic mass is 10.1. The number of aromatic nitrogens is 1. The highest BCUT2D eigenvalue weighted by Crippen LogP contribution is 2.28. The smallest absolute Gasteiger partial charge is 0.256 e. The minimum atomic E-state index is 0.617. The van der Waals surface area contributed by atoms with Gasteiger partial charge in [0.25, 0.3) is 5.22 Å². The van der Waals surface area contributed by atoms with Crippen LogP contribution in [0.25, 0.3) is 0 Å². The van der Waals surface area contributed by atoms with Crippen molar-refractivity contribution >= 4 is 18.0 Å². The average molecular weight is 263 g/mol. The molecule has 0 fully saturated rings. The first-order chi connectivity index (χ1) is 8.72. The van der Waals surface area contributed by atoms with Gasteiger partial charge in [-0.2, -0.15) is 0 Å². The van der Waals surface area contributed by atoms with Crippen LogP contribution in [0.1, 0.15) is 21.6 Å². The molecule has 0 aliphatic rings. The van der Waals surface area contributed by atoms with E-state index in [1.165, 1.54) is 11.8 Å². The summed E-state index contributed by atoms with van der Waals surface area (Å²) in [5.74, 6) is 1.40. The number of carbonyl (C=O) groups excluding carboxylic acids is 1. The second-order valence-corrected chi connectivity index (χ2v) is 4.66. The molecule has 5 heteroatoms. The van der Waals surface area contributed by atoms with Crippen LogP contribution in [0, 0.1) is 6.92 Å². The molecule has 0 saturated carbocycles. The van der Waals surface area contributed by atoms with Gasteiger partial charge >= 0.3 is 0 Å². The summed E-state index contributed by atoms with van der Waals surface area (Å²) >= 11 is 1.47. The summed E-state index contributed by atoms with van der Waals surface area (Å²) in [7, 11) is 1.61. The summed E-state index contributed by atoms with van der Waals surface area (Å²) in [5, 5.41) is 0.617. The minimum absolute atomic E-state index is 0.617. The summed E-state index contributed by atoms with van der Waals surface area (Å²) in [5.41, 5.74) is 2.43. The van der Waals surface area contributed by atoms with Crippen molar-refractivity contribution in [2.75, 3.05) is 7.11 Å². The van der Waals surface area contributed by atoms with Crippen LogP contribution in [-0.4, -0.2) is 18.4 Å². The predicted molar refractivity (Wildman–Crippen MR) is 69.2 cm³/mol. The Morgan fingerprint density at radius 2 is 2.33 bits per heavy atom. The highest BCUT2D eigenvalue weighted by molar-refractivity contribution is 7.98. The summed E-state index contributed by atoms with van der Waals surface area (Å²) in [6.07, 6.45) is 2.43. The molecule has 18 heavy (non-hydrogen) atoms. The van der Waals surface area contributed by atoms with Crippen molar-refractivity contribution < 1.29 is 13.9 Å². The Bertz CT molecular complexity index is 551. The van der Waals surface area contributed by atoms with E-state index in [0.29, 0.717) is 16.5 Å². The van der Waals surface area contributed by atoms with E-state index >= 15 is 0 Å². The van der Waals surface area contributed by atoms with Crippen molar-refractivity contribution in [2.45, 2.75) is 17.9 Å². The Balaban J connectivity index is 2.14. The van der Waals surface area contributed by atoms with E-state index in [0.717, 1.165) is 23.3 Å². The van der Waals surface area contributed by atoms with E-state index in [-0.39, 0.29) is 0 Å². The lowest BCUT2D eigenvalue weighted by Gasteiger charge is -2.07. The molecular formula is C13H13NO3S. The molecule has 1 aromatic heterocycles. The molecule has 0 atom stereocenters. The summed E-state index contributed by atoms with van der Waals surface area (Å²) in [6.45, 7) is 1.88. The number of oxazole rings is 1. The van der Waals surface area contributed by atoms with Gasteiger partial charge in [-0.3, -0.25) is 4.79 Å². The largest absolute Gasteiger partial charge is 0.496 e. The summed E-state index contributed by atoms with van der Waals surface area (Å²) in [4.78, 5) is 15.0. The fraction of sp³-hybridized carbons (Fsp3) is 0.231. The third-order valence-electron chi connectivity index (χ3n) is 2.39. The molecule has 0 bridgehead atoms. The van der Waals surface area contributed by atoms with Crippen LogP contribution in [0.2, 0.25) is 0 Å². The lowest BCUT2D eigenvalue weighted by molar-refractivity contribution is 0.112. The van der Waals surface area contributed by atoms with Crippen molar-refractivity contribution in [2.24, 2.45) is 0 Å².